The number of anilines is 1. The van der Waals surface area contributed by atoms with Gasteiger partial charge in [0.25, 0.3) is 5.56 Å². The highest BCUT2D eigenvalue weighted by atomic mass is 32.2. The Morgan fingerprint density at radius 1 is 1.25 bits per heavy atom. The van der Waals surface area contributed by atoms with E-state index < -0.39 is 16.6 Å². The molecule has 1 heterocycles. The van der Waals surface area contributed by atoms with Crippen LogP contribution >= 0.6 is 0 Å². The maximum absolute atomic E-state index is 13.0. The highest BCUT2D eigenvalue weighted by Crippen LogP contribution is 2.10. The molecule has 2 aromatic rings. The zero-order chi connectivity index (χ0) is 14.5. The molecular weight excluding hydrogens is 279 g/mol. The summed E-state index contributed by atoms with van der Waals surface area (Å²) in [5, 5.41) is 0. The second kappa shape index (κ2) is 6.47. The van der Waals surface area contributed by atoms with E-state index in [0.29, 0.717) is 29.3 Å². The number of aryl methyl sites for hydroxylation is 1. The van der Waals surface area contributed by atoms with Crippen molar-refractivity contribution < 1.29 is 8.60 Å². The van der Waals surface area contributed by atoms with E-state index in [-0.39, 0.29) is 5.56 Å². The van der Waals surface area contributed by atoms with Crippen LogP contribution < -0.4 is 11.3 Å². The van der Waals surface area contributed by atoms with Crippen LogP contribution in [0.4, 0.5) is 10.1 Å². The number of aromatic nitrogens is 1. The van der Waals surface area contributed by atoms with E-state index in [2.05, 4.69) is 0 Å². The van der Waals surface area contributed by atoms with Crippen molar-refractivity contribution in [3.05, 3.63) is 58.8 Å². The molecule has 0 bridgehead atoms. The quantitative estimate of drug-likeness (QED) is 0.914. The minimum absolute atomic E-state index is 0.143. The van der Waals surface area contributed by atoms with Crippen molar-refractivity contribution in [1.29, 1.82) is 0 Å². The number of benzene rings is 1. The molecule has 0 saturated carbocycles. The summed E-state index contributed by atoms with van der Waals surface area (Å²) in [4.78, 5) is 12.0. The lowest BCUT2D eigenvalue weighted by atomic mass is 10.3. The highest BCUT2D eigenvalue weighted by molar-refractivity contribution is 7.85. The van der Waals surface area contributed by atoms with E-state index in [1.807, 2.05) is 0 Å². The van der Waals surface area contributed by atoms with Crippen LogP contribution in [-0.2, 0) is 17.3 Å². The van der Waals surface area contributed by atoms with Crippen LogP contribution in [0.15, 0.2) is 52.3 Å². The first-order valence-electron chi connectivity index (χ1n) is 6.16. The molecule has 2 rings (SSSR count). The number of rotatable bonds is 5. The second-order valence-corrected chi connectivity index (χ2v) is 5.93. The number of hydrogen-bond donors (Lipinski definition) is 1. The van der Waals surface area contributed by atoms with Crippen molar-refractivity contribution in [3.8, 4) is 0 Å². The monoisotopic (exact) mass is 294 g/mol. The van der Waals surface area contributed by atoms with Crippen LogP contribution in [0, 0.1) is 5.82 Å². The Bertz CT molecular complexity index is 685. The Kier molecular flexibility index (Phi) is 4.68. The molecule has 2 N–H and O–H groups in total. The van der Waals surface area contributed by atoms with Crippen molar-refractivity contribution in [2.24, 2.45) is 0 Å². The molecule has 20 heavy (non-hydrogen) atoms. The summed E-state index contributed by atoms with van der Waals surface area (Å²) in [6.07, 6.45) is 2.11. The van der Waals surface area contributed by atoms with Crippen LogP contribution in [-0.4, -0.2) is 14.5 Å². The first-order valence-corrected chi connectivity index (χ1v) is 7.48. The zero-order valence-electron chi connectivity index (χ0n) is 10.8. The number of pyridine rings is 1. The van der Waals surface area contributed by atoms with Crippen molar-refractivity contribution >= 4 is 16.5 Å². The first kappa shape index (κ1) is 14.5. The largest absolute Gasteiger partial charge is 0.398 e. The van der Waals surface area contributed by atoms with E-state index in [9.17, 15) is 13.4 Å². The number of nitrogens with zero attached hydrogens (tertiary/aromatic N) is 1. The van der Waals surface area contributed by atoms with E-state index >= 15 is 0 Å². The van der Waals surface area contributed by atoms with Gasteiger partial charge in [0.15, 0.2) is 0 Å². The summed E-state index contributed by atoms with van der Waals surface area (Å²) in [5.41, 5.74) is 5.97. The Hall–Kier alpha value is -1.95. The number of hydrogen-bond acceptors (Lipinski definition) is 3. The normalized spacial score (nSPS) is 12.2. The molecule has 0 amide bonds. The summed E-state index contributed by atoms with van der Waals surface area (Å²) in [5.74, 6) is -0.0343. The van der Waals surface area contributed by atoms with Gasteiger partial charge >= 0.3 is 0 Å². The molecular formula is C14H15FN2O2S. The first-order chi connectivity index (χ1) is 9.56. The lowest BCUT2D eigenvalue weighted by Gasteiger charge is -2.06. The van der Waals surface area contributed by atoms with Crippen molar-refractivity contribution in [2.75, 3.05) is 11.5 Å². The fraction of sp³-hybridized carbons (Fsp3) is 0.214. The van der Waals surface area contributed by atoms with Gasteiger partial charge in [0, 0.05) is 35.1 Å². The van der Waals surface area contributed by atoms with Crippen LogP contribution in [0.1, 0.15) is 6.42 Å². The van der Waals surface area contributed by atoms with E-state index in [1.165, 1.54) is 28.8 Å². The summed E-state index contributed by atoms with van der Waals surface area (Å²) in [6.45, 7) is 0.435. The average Bonchev–Trinajstić information content (AvgIpc) is 2.42. The van der Waals surface area contributed by atoms with Gasteiger partial charge in [0.1, 0.15) is 5.82 Å². The molecule has 4 nitrogen and oxygen atoms in total. The fourth-order valence-corrected chi connectivity index (χ4v) is 2.92. The molecule has 106 valence electrons. The van der Waals surface area contributed by atoms with Gasteiger partial charge in [0.2, 0.25) is 0 Å². The van der Waals surface area contributed by atoms with Crippen LogP contribution in [0.2, 0.25) is 0 Å². The van der Waals surface area contributed by atoms with Gasteiger partial charge in [-0.15, -0.1) is 0 Å². The molecule has 0 aliphatic heterocycles. The minimum Gasteiger partial charge on any atom is -0.398 e. The van der Waals surface area contributed by atoms with Gasteiger partial charge in [-0.2, -0.15) is 0 Å². The van der Waals surface area contributed by atoms with Crippen LogP contribution in [0.3, 0.4) is 0 Å². The van der Waals surface area contributed by atoms with Gasteiger partial charge in [-0.25, -0.2) is 4.39 Å². The summed E-state index contributed by atoms with van der Waals surface area (Å²) in [6, 6.07) is 8.69. The number of nitrogen functional groups attached to an aromatic ring is 1. The number of nitrogens with two attached hydrogens (primary N) is 1. The molecule has 0 radical (unpaired) electrons. The molecule has 1 aromatic carbocycles. The fourth-order valence-electron chi connectivity index (χ4n) is 1.82. The topological polar surface area (TPSA) is 65.1 Å². The maximum Gasteiger partial charge on any atom is 0.250 e. The Labute approximate surface area is 118 Å². The minimum atomic E-state index is -1.27. The van der Waals surface area contributed by atoms with Gasteiger partial charge in [-0.3, -0.25) is 9.00 Å². The highest BCUT2D eigenvalue weighted by Gasteiger charge is 2.05. The predicted molar refractivity (Wildman–Crippen MR) is 77.4 cm³/mol. The summed E-state index contributed by atoms with van der Waals surface area (Å²) < 4.78 is 26.5. The van der Waals surface area contributed by atoms with Gasteiger partial charge in [-0.1, -0.05) is 6.07 Å². The molecule has 0 saturated heterocycles. The molecule has 0 aliphatic carbocycles. The Morgan fingerprint density at radius 2 is 2.05 bits per heavy atom. The lowest BCUT2D eigenvalue weighted by Crippen LogP contribution is -2.19. The van der Waals surface area contributed by atoms with Gasteiger partial charge in [0.05, 0.1) is 10.8 Å². The molecule has 6 heteroatoms. The van der Waals surface area contributed by atoms with Crippen molar-refractivity contribution in [3.63, 3.8) is 0 Å². The average molecular weight is 294 g/mol. The summed E-state index contributed by atoms with van der Waals surface area (Å²) >= 11 is 0. The van der Waals surface area contributed by atoms with E-state index in [4.69, 9.17) is 5.73 Å². The molecule has 0 fully saturated rings. The van der Waals surface area contributed by atoms with E-state index in [0.717, 1.165) is 0 Å². The zero-order valence-corrected chi connectivity index (χ0v) is 11.6. The lowest BCUT2D eigenvalue weighted by molar-refractivity contribution is 0.621. The standard InChI is InChI=1S/C14H15FN2O2S/c15-11-3-1-4-13(9-11)20(19)8-2-7-17-10-12(16)5-6-14(17)18/h1,3-6,9-10H,2,7-8,16H2. The maximum atomic E-state index is 13.0. The Morgan fingerprint density at radius 3 is 2.80 bits per heavy atom. The predicted octanol–water partition coefficient (Wildman–Crippen LogP) is 1.77. The molecule has 0 aliphatic rings. The van der Waals surface area contributed by atoms with Crippen LogP contribution in [0.25, 0.3) is 0 Å². The van der Waals surface area contributed by atoms with Gasteiger partial charge < -0.3 is 10.3 Å². The molecule has 0 spiro atoms. The van der Waals surface area contributed by atoms with Crippen molar-refractivity contribution in [2.45, 2.75) is 17.9 Å². The van der Waals surface area contributed by atoms with Gasteiger partial charge in [-0.05, 0) is 30.7 Å². The van der Waals surface area contributed by atoms with E-state index in [1.54, 1.807) is 18.3 Å². The third-order valence-corrected chi connectivity index (χ3v) is 4.23. The Balaban J connectivity index is 1.94. The number of halogens is 1. The smallest absolute Gasteiger partial charge is 0.250 e. The molecule has 1 aromatic heterocycles. The molecule has 1 unspecified atom stereocenters. The third-order valence-electron chi connectivity index (χ3n) is 2.79. The third kappa shape index (κ3) is 3.77. The summed E-state index contributed by atoms with van der Waals surface area (Å²) in [7, 11) is -1.27. The van der Waals surface area contributed by atoms with Crippen molar-refractivity contribution in [1.82, 2.24) is 4.57 Å². The van der Waals surface area contributed by atoms with Crippen LogP contribution in [0.5, 0.6) is 0 Å². The molecule has 1 atom stereocenters. The SMILES string of the molecule is Nc1ccc(=O)n(CCCS(=O)c2cccc(F)c2)c1. The second-order valence-electron chi connectivity index (χ2n) is 4.35.